The second-order valence-electron chi connectivity index (χ2n) is 4.07. The van der Waals surface area contributed by atoms with Gasteiger partial charge in [-0.3, -0.25) is 4.79 Å². The zero-order valence-corrected chi connectivity index (χ0v) is 7.25. The van der Waals surface area contributed by atoms with E-state index < -0.39 is 0 Å². The van der Waals surface area contributed by atoms with E-state index in [2.05, 4.69) is 5.32 Å². The van der Waals surface area contributed by atoms with Gasteiger partial charge in [0, 0.05) is 6.04 Å². The maximum absolute atomic E-state index is 10.8. The Kier molecular flexibility index (Phi) is 2.05. The van der Waals surface area contributed by atoms with E-state index in [0.29, 0.717) is 6.04 Å². The quantitative estimate of drug-likeness (QED) is 0.640. The Bertz CT molecular complexity index is 189. The third-order valence-corrected chi connectivity index (χ3v) is 2.90. The SMILES string of the molecule is NC(=O)C1CCC(CC2CC2)N1. The zero-order valence-electron chi connectivity index (χ0n) is 7.25. The number of carbonyl (C=O) groups excluding carboxylic acids is 1. The van der Waals surface area contributed by atoms with Crippen molar-refractivity contribution in [2.75, 3.05) is 0 Å². The van der Waals surface area contributed by atoms with Gasteiger partial charge >= 0.3 is 0 Å². The average Bonchev–Trinajstić information content (AvgIpc) is 2.66. The molecular weight excluding hydrogens is 152 g/mol. The molecule has 3 N–H and O–H groups in total. The topological polar surface area (TPSA) is 55.1 Å². The molecule has 68 valence electrons. The lowest BCUT2D eigenvalue weighted by molar-refractivity contribution is -0.119. The molecule has 0 bridgehead atoms. The van der Waals surface area contributed by atoms with Crippen molar-refractivity contribution in [1.29, 1.82) is 0 Å². The lowest BCUT2D eigenvalue weighted by atomic mass is 10.1. The first kappa shape index (κ1) is 8.05. The Morgan fingerprint density at radius 1 is 1.33 bits per heavy atom. The van der Waals surface area contributed by atoms with Crippen LogP contribution in [0.5, 0.6) is 0 Å². The molecule has 1 saturated heterocycles. The predicted molar refractivity (Wildman–Crippen MR) is 46.5 cm³/mol. The van der Waals surface area contributed by atoms with Crippen LogP contribution in [0, 0.1) is 5.92 Å². The van der Waals surface area contributed by atoms with Crippen LogP contribution in [-0.2, 0) is 4.79 Å². The van der Waals surface area contributed by atoms with Crippen LogP contribution >= 0.6 is 0 Å². The number of hydrogen-bond acceptors (Lipinski definition) is 2. The number of rotatable bonds is 3. The highest BCUT2D eigenvalue weighted by Crippen LogP contribution is 2.35. The van der Waals surface area contributed by atoms with Crippen molar-refractivity contribution >= 4 is 5.91 Å². The summed E-state index contributed by atoms with van der Waals surface area (Å²) < 4.78 is 0. The summed E-state index contributed by atoms with van der Waals surface area (Å²) in [6, 6.07) is 0.517. The molecule has 1 aliphatic heterocycles. The third kappa shape index (κ3) is 1.78. The highest BCUT2D eigenvalue weighted by atomic mass is 16.1. The molecule has 0 spiro atoms. The van der Waals surface area contributed by atoms with Gasteiger partial charge in [-0.1, -0.05) is 12.8 Å². The molecule has 0 aromatic carbocycles. The summed E-state index contributed by atoms with van der Waals surface area (Å²) in [5.74, 6) is 0.752. The molecular formula is C9H16N2O. The van der Waals surface area contributed by atoms with E-state index in [0.717, 1.165) is 18.8 Å². The van der Waals surface area contributed by atoms with Crippen molar-refractivity contribution in [3.05, 3.63) is 0 Å². The van der Waals surface area contributed by atoms with Crippen molar-refractivity contribution < 1.29 is 4.79 Å². The molecule has 2 fully saturated rings. The van der Waals surface area contributed by atoms with Crippen LogP contribution in [0.15, 0.2) is 0 Å². The Labute approximate surface area is 72.7 Å². The van der Waals surface area contributed by atoms with Crippen LogP contribution in [-0.4, -0.2) is 18.0 Å². The normalized spacial score (nSPS) is 35.3. The first-order chi connectivity index (χ1) is 5.75. The van der Waals surface area contributed by atoms with Crippen molar-refractivity contribution in [3.8, 4) is 0 Å². The fraction of sp³-hybridized carbons (Fsp3) is 0.889. The second-order valence-corrected chi connectivity index (χ2v) is 4.07. The molecule has 2 rings (SSSR count). The molecule has 0 radical (unpaired) electrons. The van der Waals surface area contributed by atoms with Gasteiger partial charge in [-0.15, -0.1) is 0 Å². The van der Waals surface area contributed by atoms with Gasteiger partial charge in [0.05, 0.1) is 6.04 Å². The van der Waals surface area contributed by atoms with Gasteiger partial charge in [-0.05, 0) is 25.2 Å². The summed E-state index contributed by atoms with van der Waals surface area (Å²) in [6.45, 7) is 0. The van der Waals surface area contributed by atoms with Crippen LogP contribution in [0.3, 0.4) is 0 Å². The summed E-state index contributed by atoms with van der Waals surface area (Å²) in [6.07, 6.45) is 6.10. The molecule has 0 aromatic heterocycles. The Hall–Kier alpha value is -0.570. The molecule has 3 nitrogen and oxygen atoms in total. The van der Waals surface area contributed by atoms with E-state index in [1.807, 2.05) is 0 Å². The minimum Gasteiger partial charge on any atom is -0.368 e. The summed E-state index contributed by atoms with van der Waals surface area (Å²) in [7, 11) is 0. The van der Waals surface area contributed by atoms with Crippen molar-refractivity contribution in [1.82, 2.24) is 5.32 Å². The Morgan fingerprint density at radius 3 is 2.58 bits per heavy atom. The van der Waals surface area contributed by atoms with E-state index in [-0.39, 0.29) is 11.9 Å². The number of hydrogen-bond donors (Lipinski definition) is 2. The standard InChI is InChI=1S/C9H16N2O/c10-9(12)8-4-3-7(11-8)5-6-1-2-6/h6-8,11H,1-5H2,(H2,10,12). The lowest BCUT2D eigenvalue weighted by Crippen LogP contribution is -2.39. The number of carbonyl (C=O) groups is 1. The van der Waals surface area contributed by atoms with Gasteiger partial charge in [-0.2, -0.15) is 0 Å². The maximum atomic E-state index is 10.8. The molecule has 2 aliphatic rings. The monoisotopic (exact) mass is 168 g/mol. The van der Waals surface area contributed by atoms with Crippen LogP contribution in [0.4, 0.5) is 0 Å². The smallest absolute Gasteiger partial charge is 0.234 e. The van der Waals surface area contributed by atoms with Crippen LogP contribution in [0.2, 0.25) is 0 Å². The number of nitrogens with two attached hydrogens (primary N) is 1. The molecule has 1 heterocycles. The molecule has 1 amide bonds. The van der Waals surface area contributed by atoms with Gasteiger partial charge in [0.15, 0.2) is 0 Å². The first-order valence-electron chi connectivity index (χ1n) is 4.81. The fourth-order valence-electron chi connectivity index (χ4n) is 1.99. The molecule has 2 atom stereocenters. The van der Waals surface area contributed by atoms with Gasteiger partial charge in [-0.25, -0.2) is 0 Å². The predicted octanol–water partition coefficient (Wildman–Crippen LogP) is 0.392. The van der Waals surface area contributed by atoms with Gasteiger partial charge in [0.2, 0.25) is 5.91 Å². The molecule has 1 saturated carbocycles. The summed E-state index contributed by atoms with van der Waals surface area (Å²) >= 11 is 0. The third-order valence-electron chi connectivity index (χ3n) is 2.90. The van der Waals surface area contributed by atoms with Gasteiger partial charge in [0.1, 0.15) is 0 Å². The van der Waals surface area contributed by atoms with Gasteiger partial charge < -0.3 is 11.1 Å². The zero-order chi connectivity index (χ0) is 8.55. The number of nitrogens with one attached hydrogen (secondary N) is 1. The van der Waals surface area contributed by atoms with Crippen molar-refractivity contribution in [3.63, 3.8) is 0 Å². The van der Waals surface area contributed by atoms with E-state index in [9.17, 15) is 4.79 Å². The molecule has 12 heavy (non-hydrogen) atoms. The molecule has 3 heteroatoms. The van der Waals surface area contributed by atoms with E-state index in [1.165, 1.54) is 19.3 Å². The molecule has 0 aromatic rings. The minimum atomic E-state index is -0.187. The van der Waals surface area contributed by atoms with E-state index in [1.54, 1.807) is 0 Å². The maximum Gasteiger partial charge on any atom is 0.234 e. The van der Waals surface area contributed by atoms with Crippen LogP contribution < -0.4 is 11.1 Å². The van der Waals surface area contributed by atoms with E-state index in [4.69, 9.17) is 5.73 Å². The molecule has 2 unspecified atom stereocenters. The van der Waals surface area contributed by atoms with Crippen LogP contribution in [0.1, 0.15) is 32.1 Å². The highest BCUT2D eigenvalue weighted by Gasteiger charge is 2.32. The molecule has 1 aliphatic carbocycles. The largest absolute Gasteiger partial charge is 0.368 e. The lowest BCUT2D eigenvalue weighted by Gasteiger charge is -2.10. The first-order valence-corrected chi connectivity index (χ1v) is 4.81. The highest BCUT2D eigenvalue weighted by molar-refractivity contribution is 5.80. The minimum absolute atomic E-state index is 0.0475. The van der Waals surface area contributed by atoms with Crippen LogP contribution in [0.25, 0.3) is 0 Å². The van der Waals surface area contributed by atoms with Gasteiger partial charge in [0.25, 0.3) is 0 Å². The second kappa shape index (κ2) is 3.05. The summed E-state index contributed by atoms with van der Waals surface area (Å²) in [5, 5.41) is 3.29. The van der Waals surface area contributed by atoms with Crippen molar-refractivity contribution in [2.45, 2.75) is 44.2 Å². The number of primary amides is 1. The number of amides is 1. The van der Waals surface area contributed by atoms with E-state index >= 15 is 0 Å². The van der Waals surface area contributed by atoms with Crippen molar-refractivity contribution in [2.24, 2.45) is 11.7 Å². The Morgan fingerprint density at radius 2 is 2.08 bits per heavy atom. The fourth-order valence-corrected chi connectivity index (χ4v) is 1.99. The average molecular weight is 168 g/mol. The Balaban J connectivity index is 1.76. The summed E-state index contributed by atoms with van der Waals surface area (Å²) in [5.41, 5.74) is 5.20. The summed E-state index contributed by atoms with van der Waals surface area (Å²) in [4.78, 5) is 10.8.